The first-order chi connectivity index (χ1) is 17.9. The Hall–Kier alpha value is -4.72. The van der Waals surface area contributed by atoms with Crippen molar-refractivity contribution in [1.82, 2.24) is 14.9 Å². The third-order valence-electron chi connectivity index (χ3n) is 6.37. The monoisotopic (exact) mass is 495 g/mol. The number of nitrogens with one attached hydrogen (secondary N) is 3. The average molecular weight is 496 g/mol. The molecule has 0 saturated carbocycles. The Kier molecular flexibility index (Phi) is 6.55. The first-order valence-corrected chi connectivity index (χ1v) is 11.9. The number of fused-ring (bicyclic) bond motifs is 1. The molecule has 0 bridgehead atoms. The van der Waals surface area contributed by atoms with E-state index in [0.29, 0.717) is 35.4 Å². The van der Waals surface area contributed by atoms with E-state index in [-0.39, 0.29) is 11.8 Å². The normalized spacial score (nSPS) is 13.6. The summed E-state index contributed by atoms with van der Waals surface area (Å²) in [5, 5.41) is 8.83. The van der Waals surface area contributed by atoms with Crippen LogP contribution in [0.4, 0.5) is 15.8 Å². The summed E-state index contributed by atoms with van der Waals surface area (Å²) in [6.07, 6.45) is 4.64. The highest BCUT2D eigenvalue weighted by molar-refractivity contribution is 6.37. The van der Waals surface area contributed by atoms with E-state index in [1.807, 2.05) is 66.3 Å². The zero-order chi connectivity index (χ0) is 25.9. The molecule has 1 aliphatic heterocycles. The van der Waals surface area contributed by atoms with Gasteiger partial charge in [-0.3, -0.25) is 9.59 Å². The van der Waals surface area contributed by atoms with E-state index >= 15 is 0 Å². The van der Waals surface area contributed by atoms with Gasteiger partial charge in [-0.2, -0.15) is 0 Å². The lowest BCUT2D eigenvalue weighted by Gasteiger charge is -2.16. The molecule has 0 unspecified atom stereocenters. The van der Waals surface area contributed by atoms with Gasteiger partial charge in [0.2, 0.25) is 5.91 Å². The summed E-state index contributed by atoms with van der Waals surface area (Å²) in [6, 6.07) is 19.8. The molecule has 8 heteroatoms. The second-order valence-corrected chi connectivity index (χ2v) is 8.83. The van der Waals surface area contributed by atoms with E-state index in [1.54, 1.807) is 19.3 Å². The molecule has 37 heavy (non-hydrogen) atoms. The first kappa shape index (κ1) is 24.0. The minimum atomic E-state index is -0.417. The van der Waals surface area contributed by atoms with Crippen molar-refractivity contribution in [2.75, 3.05) is 17.7 Å². The largest absolute Gasteiger partial charge is 0.359 e. The first-order valence-electron chi connectivity index (χ1n) is 11.9. The summed E-state index contributed by atoms with van der Waals surface area (Å²) in [5.41, 5.74) is 5.65. The van der Waals surface area contributed by atoms with Gasteiger partial charge in [0, 0.05) is 49.7 Å². The van der Waals surface area contributed by atoms with Crippen LogP contribution >= 0.6 is 0 Å². The fourth-order valence-electron chi connectivity index (χ4n) is 4.38. The van der Waals surface area contributed by atoms with Crippen LogP contribution in [0.2, 0.25) is 0 Å². The van der Waals surface area contributed by atoms with Gasteiger partial charge in [0.1, 0.15) is 11.6 Å². The zero-order valence-electron chi connectivity index (χ0n) is 20.5. The van der Waals surface area contributed by atoms with Crippen LogP contribution in [0.5, 0.6) is 0 Å². The highest BCUT2D eigenvalue weighted by atomic mass is 19.1. The molecule has 0 radical (unpaired) electrons. The predicted molar refractivity (Wildman–Crippen MR) is 143 cm³/mol. The third-order valence-corrected chi connectivity index (χ3v) is 6.37. The van der Waals surface area contributed by atoms with E-state index < -0.39 is 5.82 Å². The molecule has 1 aromatic heterocycles. The minimum Gasteiger partial charge on any atom is -0.359 e. The highest BCUT2D eigenvalue weighted by Gasteiger charge is 2.29. The van der Waals surface area contributed by atoms with Crippen LogP contribution in [0.3, 0.4) is 0 Å². The van der Waals surface area contributed by atoms with Crippen molar-refractivity contribution in [3.05, 3.63) is 102 Å². The number of halogens is 1. The number of rotatable bonds is 7. The Morgan fingerprint density at radius 1 is 1.05 bits per heavy atom. The van der Waals surface area contributed by atoms with Crippen LogP contribution in [-0.2, 0) is 23.1 Å². The van der Waals surface area contributed by atoms with Gasteiger partial charge in [0.15, 0.2) is 0 Å². The molecule has 186 valence electrons. The molecule has 7 nitrogen and oxygen atoms in total. The maximum atomic E-state index is 13.9. The van der Waals surface area contributed by atoms with Crippen molar-refractivity contribution >= 4 is 34.5 Å². The summed E-state index contributed by atoms with van der Waals surface area (Å²) < 4.78 is 15.8. The summed E-state index contributed by atoms with van der Waals surface area (Å²) >= 11 is 0. The van der Waals surface area contributed by atoms with Crippen molar-refractivity contribution in [3.8, 4) is 11.4 Å². The van der Waals surface area contributed by atoms with Crippen molar-refractivity contribution in [1.29, 1.82) is 0 Å². The molecular formula is C29H26FN5O2. The quantitative estimate of drug-likeness (QED) is 0.320. The summed E-state index contributed by atoms with van der Waals surface area (Å²) in [6.45, 7) is 0. The van der Waals surface area contributed by atoms with E-state index in [9.17, 15) is 14.0 Å². The summed E-state index contributed by atoms with van der Waals surface area (Å²) in [5.74, 6) is 0.106. The fraction of sp³-hybridized carbons (Fsp3) is 0.138. The minimum absolute atomic E-state index is 0.0194. The Balaban J connectivity index is 1.52. The van der Waals surface area contributed by atoms with Gasteiger partial charge in [-0.25, -0.2) is 9.37 Å². The molecule has 2 amide bonds. The van der Waals surface area contributed by atoms with Gasteiger partial charge >= 0.3 is 0 Å². The van der Waals surface area contributed by atoms with E-state index in [0.717, 1.165) is 28.2 Å². The second kappa shape index (κ2) is 10.1. The molecule has 3 N–H and O–H groups in total. The molecule has 5 rings (SSSR count). The predicted octanol–water partition coefficient (Wildman–Crippen LogP) is 4.84. The molecule has 0 atom stereocenters. The Bertz CT molecular complexity index is 1500. The standard InChI is InChI=1S/C29H26FN5O2/c1-31-25(36)14-5-18-3-6-19(7-4-18)27(26-23-13-10-21(30)17-24(23)34-29(26)37)33-22-11-8-20(9-12-22)28-32-15-16-35(28)2/h3-4,6-13,15-17,33H,5,14H2,1-2H3,(H,31,36)(H,34,37). The lowest BCUT2D eigenvalue weighted by Crippen LogP contribution is -2.17. The number of imidazole rings is 1. The maximum Gasteiger partial charge on any atom is 0.258 e. The number of carbonyl (C=O) groups excluding carboxylic acids is 2. The number of amides is 2. The third kappa shape index (κ3) is 4.99. The number of aromatic nitrogens is 2. The lowest BCUT2D eigenvalue weighted by atomic mass is 9.98. The van der Waals surface area contributed by atoms with Crippen LogP contribution < -0.4 is 16.0 Å². The molecule has 3 aromatic carbocycles. The van der Waals surface area contributed by atoms with E-state index in [4.69, 9.17) is 0 Å². The number of hydrogen-bond donors (Lipinski definition) is 3. The molecule has 4 aromatic rings. The van der Waals surface area contributed by atoms with E-state index in [2.05, 4.69) is 20.9 Å². The number of aryl methyl sites for hydroxylation is 2. The van der Waals surface area contributed by atoms with Gasteiger partial charge < -0.3 is 20.5 Å². The van der Waals surface area contributed by atoms with Crippen LogP contribution in [0.15, 0.2) is 79.1 Å². The number of benzene rings is 3. The molecule has 1 aliphatic rings. The number of hydrogen-bond acceptors (Lipinski definition) is 4. The smallest absolute Gasteiger partial charge is 0.258 e. The SMILES string of the molecule is CNC(=O)CCc1ccc(C(Nc2ccc(-c3nccn3C)cc2)=C2C(=O)Nc3cc(F)ccc32)cc1. The Morgan fingerprint density at radius 3 is 2.49 bits per heavy atom. The van der Waals surface area contributed by atoms with Crippen LogP contribution in [0.25, 0.3) is 22.7 Å². The number of carbonyl (C=O) groups is 2. The van der Waals surface area contributed by atoms with Gasteiger partial charge in [0.05, 0.1) is 17.0 Å². The van der Waals surface area contributed by atoms with Gasteiger partial charge in [0.25, 0.3) is 5.91 Å². The van der Waals surface area contributed by atoms with Crippen molar-refractivity contribution in [3.63, 3.8) is 0 Å². The van der Waals surface area contributed by atoms with Crippen molar-refractivity contribution in [2.24, 2.45) is 7.05 Å². The fourth-order valence-corrected chi connectivity index (χ4v) is 4.38. The summed E-state index contributed by atoms with van der Waals surface area (Å²) in [4.78, 5) is 29.1. The molecule has 2 heterocycles. The van der Waals surface area contributed by atoms with Gasteiger partial charge in [-0.05, 0) is 60.0 Å². The van der Waals surface area contributed by atoms with Crippen molar-refractivity contribution in [2.45, 2.75) is 12.8 Å². The van der Waals surface area contributed by atoms with Crippen LogP contribution in [0, 0.1) is 5.82 Å². The van der Waals surface area contributed by atoms with Gasteiger partial charge in [-0.1, -0.05) is 24.3 Å². The lowest BCUT2D eigenvalue weighted by molar-refractivity contribution is -0.120. The zero-order valence-corrected chi connectivity index (χ0v) is 20.5. The van der Waals surface area contributed by atoms with Gasteiger partial charge in [-0.15, -0.1) is 0 Å². The maximum absolute atomic E-state index is 13.9. The number of nitrogens with zero attached hydrogens (tertiary/aromatic N) is 2. The Labute approximate surface area is 214 Å². The summed E-state index contributed by atoms with van der Waals surface area (Å²) in [7, 11) is 3.56. The molecule has 0 aliphatic carbocycles. The molecule has 0 saturated heterocycles. The Morgan fingerprint density at radius 2 is 1.81 bits per heavy atom. The molecule has 0 fully saturated rings. The van der Waals surface area contributed by atoms with E-state index in [1.165, 1.54) is 12.1 Å². The molecular weight excluding hydrogens is 469 g/mol. The van der Waals surface area contributed by atoms with Crippen LogP contribution in [0.1, 0.15) is 23.1 Å². The second-order valence-electron chi connectivity index (χ2n) is 8.83. The van der Waals surface area contributed by atoms with Crippen LogP contribution in [-0.4, -0.2) is 28.4 Å². The molecule has 0 spiro atoms. The topological polar surface area (TPSA) is 88.1 Å². The number of anilines is 2. The average Bonchev–Trinajstić information content (AvgIpc) is 3.48. The van der Waals surface area contributed by atoms with Crippen molar-refractivity contribution < 1.29 is 14.0 Å². The highest BCUT2D eigenvalue weighted by Crippen LogP contribution is 2.38.